The predicted octanol–water partition coefficient (Wildman–Crippen LogP) is 4.20. The first-order valence-corrected chi connectivity index (χ1v) is 6.62. The van der Waals surface area contributed by atoms with Crippen LogP contribution in [0.1, 0.15) is 11.1 Å². The maximum atomic E-state index is 13.4. The normalized spacial score (nSPS) is 14.5. The number of nitro benzene ring substituents is 1. The molecule has 0 saturated carbocycles. The number of nitrogens with zero attached hydrogens (tertiary/aromatic N) is 1. The molecule has 2 rings (SSSR count). The van der Waals surface area contributed by atoms with Crippen LogP contribution in [0.5, 0.6) is 0 Å². The summed E-state index contributed by atoms with van der Waals surface area (Å²) in [4.78, 5) is 9.87. The van der Waals surface area contributed by atoms with Gasteiger partial charge in [-0.15, -0.1) is 0 Å². The number of benzene rings is 2. The second-order valence-electron chi connectivity index (χ2n) is 4.96. The molecule has 1 atom stereocenters. The highest BCUT2D eigenvalue weighted by Crippen LogP contribution is 2.41. The zero-order chi connectivity index (χ0) is 18.0. The maximum Gasteiger partial charge on any atom is 0.425 e. The molecular formula is C16H11F4NO3. The molecule has 2 aromatic carbocycles. The van der Waals surface area contributed by atoms with Gasteiger partial charge in [-0.3, -0.25) is 10.1 Å². The van der Waals surface area contributed by atoms with E-state index in [9.17, 15) is 32.8 Å². The molecule has 0 fully saturated rings. The Morgan fingerprint density at radius 3 is 2.33 bits per heavy atom. The van der Waals surface area contributed by atoms with Crippen molar-refractivity contribution in [2.45, 2.75) is 11.8 Å². The third-order valence-corrected chi connectivity index (χ3v) is 3.29. The standard InChI is InChI=1S/C16H11F4NO3/c17-13-5-1-3-11(9-13)7-8-15(22,16(18,19)20)12-4-2-6-14(10-12)21(23)24/h1-10,22H. The van der Waals surface area contributed by atoms with Crippen LogP contribution in [0.15, 0.2) is 54.6 Å². The molecule has 0 bridgehead atoms. The number of aliphatic hydroxyl groups is 1. The Bertz CT molecular complexity index is 789. The number of rotatable bonds is 4. The Morgan fingerprint density at radius 1 is 1.08 bits per heavy atom. The van der Waals surface area contributed by atoms with Crippen molar-refractivity contribution in [2.75, 3.05) is 0 Å². The molecular weight excluding hydrogens is 330 g/mol. The summed E-state index contributed by atoms with van der Waals surface area (Å²) in [7, 11) is 0. The van der Waals surface area contributed by atoms with Crippen molar-refractivity contribution in [2.24, 2.45) is 0 Å². The molecule has 1 unspecified atom stereocenters. The topological polar surface area (TPSA) is 63.4 Å². The lowest BCUT2D eigenvalue weighted by molar-refractivity contribution is -0.385. The summed E-state index contributed by atoms with van der Waals surface area (Å²) in [6.07, 6.45) is -3.80. The lowest BCUT2D eigenvalue weighted by Gasteiger charge is -2.27. The average molecular weight is 341 g/mol. The van der Waals surface area contributed by atoms with Crippen LogP contribution in [-0.4, -0.2) is 16.2 Å². The number of alkyl halides is 3. The highest BCUT2D eigenvalue weighted by atomic mass is 19.4. The fraction of sp³-hybridized carbons (Fsp3) is 0.125. The number of hydrogen-bond acceptors (Lipinski definition) is 3. The van der Waals surface area contributed by atoms with Gasteiger partial charge in [-0.05, 0) is 23.8 Å². The van der Waals surface area contributed by atoms with E-state index in [1.807, 2.05) is 0 Å². The van der Waals surface area contributed by atoms with Crippen LogP contribution >= 0.6 is 0 Å². The van der Waals surface area contributed by atoms with Gasteiger partial charge in [0.15, 0.2) is 0 Å². The highest BCUT2D eigenvalue weighted by Gasteiger charge is 2.53. The fourth-order valence-corrected chi connectivity index (χ4v) is 2.04. The molecule has 4 nitrogen and oxygen atoms in total. The van der Waals surface area contributed by atoms with Gasteiger partial charge in [0, 0.05) is 17.7 Å². The lowest BCUT2D eigenvalue weighted by Crippen LogP contribution is -2.40. The zero-order valence-corrected chi connectivity index (χ0v) is 12.0. The van der Waals surface area contributed by atoms with Gasteiger partial charge in [-0.1, -0.05) is 30.3 Å². The number of nitro groups is 1. The monoisotopic (exact) mass is 341 g/mol. The number of hydrogen-bond donors (Lipinski definition) is 1. The molecule has 126 valence electrons. The van der Waals surface area contributed by atoms with Crippen LogP contribution in [0.4, 0.5) is 23.2 Å². The van der Waals surface area contributed by atoms with Gasteiger partial charge in [0.1, 0.15) is 5.82 Å². The van der Waals surface area contributed by atoms with E-state index in [1.165, 1.54) is 12.1 Å². The van der Waals surface area contributed by atoms with Crippen LogP contribution in [0.25, 0.3) is 6.08 Å². The Hall–Kier alpha value is -2.74. The Labute approximate surface area is 133 Å². The molecule has 0 heterocycles. The molecule has 0 aromatic heterocycles. The molecule has 0 aliphatic heterocycles. The van der Waals surface area contributed by atoms with Crippen molar-refractivity contribution >= 4 is 11.8 Å². The first-order chi connectivity index (χ1) is 11.1. The number of non-ortho nitro benzene ring substituents is 1. The van der Waals surface area contributed by atoms with Crippen molar-refractivity contribution in [3.8, 4) is 0 Å². The summed E-state index contributed by atoms with van der Waals surface area (Å²) >= 11 is 0. The number of halogens is 4. The van der Waals surface area contributed by atoms with E-state index >= 15 is 0 Å². The van der Waals surface area contributed by atoms with E-state index in [4.69, 9.17) is 0 Å². The molecule has 0 saturated heterocycles. The molecule has 0 spiro atoms. The molecule has 0 aliphatic carbocycles. The van der Waals surface area contributed by atoms with Gasteiger partial charge < -0.3 is 5.11 Å². The Kier molecular flexibility index (Phi) is 4.70. The largest absolute Gasteiger partial charge is 0.425 e. The molecule has 0 radical (unpaired) electrons. The van der Waals surface area contributed by atoms with Gasteiger partial charge in [0.25, 0.3) is 5.69 Å². The summed E-state index contributed by atoms with van der Waals surface area (Å²) in [5.74, 6) is -0.650. The summed E-state index contributed by atoms with van der Waals surface area (Å²) in [5.41, 5.74) is -4.65. The van der Waals surface area contributed by atoms with Crippen molar-refractivity contribution in [1.29, 1.82) is 0 Å². The van der Waals surface area contributed by atoms with Gasteiger partial charge in [-0.25, -0.2) is 4.39 Å². The molecule has 1 N–H and O–H groups in total. The highest BCUT2D eigenvalue weighted by molar-refractivity contribution is 5.53. The van der Waals surface area contributed by atoms with Crippen LogP contribution in [0.3, 0.4) is 0 Å². The smallest absolute Gasteiger partial charge is 0.373 e. The second kappa shape index (κ2) is 6.40. The van der Waals surface area contributed by atoms with Crippen LogP contribution in [0, 0.1) is 15.9 Å². The van der Waals surface area contributed by atoms with Gasteiger partial charge in [-0.2, -0.15) is 13.2 Å². The van der Waals surface area contributed by atoms with Crippen LogP contribution in [-0.2, 0) is 5.60 Å². The molecule has 24 heavy (non-hydrogen) atoms. The van der Waals surface area contributed by atoms with Crippen molar-refractivity contribution < 1.29 is 27.6 Å². The summed E-state index contributed by atoms with van der Waals surface area (Å²) in [6.45, 7) is 0. The average Bonchev–Trinajstić information content (AvgIpc) is 2.51. The zero-order valence-electron chi connectivity index (χ0n) is 12.0. The SMILES string of the molecule is O=[N+]([O-])c1cccc(C(O)(C=Cc2cccc(F)c2)C(F)(F)F)c1. The third kappa shape index (κ3) is 3.60. The first kappa shape index (κ1) is 17.6. The van der Waals surface area contributed by atoms with E-state index in [1.54, 1.807) is 0 Å². The van der Waals surface area contributed by atoms with Crippen molar-refractivity contribution in [1.82, 2.24) is 0 Å². The van der Waals surface area contributed by atoms with E-state index in [2.05, 4.69) is 0 Å². The van der Waals surface area contributed by atoms with Crippen LogP contribution in [0.2, 0.25) is 0 Å². The Morgan fingerprint density at radius 2 is 1.75 bits per heavy atom. The Balaban J connectivity index is 2.51. The van der Waals surface area contributed by atoms with Gasteiger partial charge in [0.2, 0.25) is 5.60 Å². The molecule has 0 aliphatic rings. The van der Waals surface area contributed by atoms with E-state index in [-0.39, 0.29) is 5.56 Å². The molecule has 2 aromatic rings. The van der Waals surface area contributed by atoms with Crippen molar-refractivity contribution in [3.63, 3.8) is 0 Å². The summed E-state index contributed by atoms with van der Waals surface area (Å²) < 4.78 is 53.2. The van der Waals surface area contributed by atoms with E-state index in [0.29, 0.717) is 12.1 Å². The van der Waals surface area contributed by atoms with E-state index < -0.39 is 33.8 Å². The first-order valence-electron chi connectivity index (χ1n) is 6.62. The second-order valence-corrected chi connectivity index (χ2v) is 4.96. The summed E-state index contributed by atoms with van der Waals surface area (Å²) in [6, 6.07) is 8.38. The minimum atomic E-state index is -5.13. The van der Waals surface area contributed by atoms with Gasteiger partial charge >= 0.3 is 6.18 Å². The molecule has 8 heteroatoms. The third-order valence-electron chi connectivity index (χ3n) is 3.29. The lowest BCUT2D eigenvalue weighted by atomic mass is 9.91. The molecule has 0 amide bonds. The van der Waals surface area contributed by atoms with E-state index in [0.717, 1.165) is 36.4 Å². The maximum absolute atomic E-state index is 13.4. The minimum Gasteiger partial charge on any atom is -0.373 e. The fourth-order valence-electron chi connectivity index (χ4n) is 2.04. The van der Waals surface area contributed by atoms with Crippen LogP contribution < -0.4 is 0 Å². The van der Waals surface area contributed by atoms with Crippen molar-refractivity contribution in [3.05, 3.63) is 81.7 Å². The van der Waals surface area contributed by atoms with Gasteiger partial charge in [0.05, 0.1) is 4.92 Å². The summed E-state index contributed by atoms with van der Waals surface area (Å²) in [5, 5.41) is 20.9. The predicted molar refractivity (Wildman–Crippen MR) is 78.5 cm³/mol. The quantitative estimate of drug-likeness (QED) is 0.515. The minimum absolute atomic E-state index is 0.100.